The van der Waals surface area contributed by atoms with E-state index < -0.39 is 10.0 Å². The van der Waals surface area contributed by atoms with Gasteiger partial charge in [0.1, 0.15) is 11.5 Å². The molecule has 1 aromatic heterocycles. The molecule has 1 fully saturated rings. The lowest BCUT2D eigenvalue weighted by Crippen LogP contribution is -2.30. The standard InChI is InChI=1S/C16H19ClN2O3S/c1-11(2)16-10-14(18-22-16)15-4-3-9-19(15)23(20,21)13-7-5-12(17)6-8-13/h5-8,10-11,15H,3-4,9H2,1-2H3/t15-/m0/s1. The Hall–Kier alpha value is -1.37. The summed E-state index contributed by atoms with van der Waals surface area (Å²) in [6.07, 6.45) is 1.55. The molecule has 0 unspecified atom stereocenters. The van der Waals surface area contributed by atoms with Crippen molar-refractivity contribution in [3.05, 3.63) is 46.8 Å². The lowest BCUT2D eigenvalue weighted by atomic mass is 10.1. The minimum absolute atomic E-state index is 0.221. The maximum absolute atomic E-state index is 12.9. The summed E-state index contributed by atoms with van der Waals surface area (Å²) < 4.78 is 32.6. The van der Waals surface area contributed by atoms with E-state index in [-0.39, 0.29) is 16.9 Å². The van der Waals surface area contributed by atoms with Crippen molar-refractivity contribution in [3.63, 3.8) is 0 Å². The third kappa shape index (κ3) is 3.16. The first-order chi connectivity index (χ1) is 10.9. The van der Waals surface area contributed by atoms with Crippen LogP contribution in [0, 0.1) is 0 Å². The van der Waals surface area contributed by atoms with Crippen LogP contribution < -0.4 is 0 Å². The number of sulfonamides is 1. The van der Waals surface area contributed by atoms with Gasteiger partial charge in [0.15, 0.2) is 0 Å². The Balaban J connectivity index is 1.92. The zero-order valence-electron chi connectivity index (χ0n) is 13.1. The average Bonchev–Trinajstić information content (AvgIpc) is 3.16. The fourth-order valence-electron chi connectivity index (χ4n) is 2.80. The molecule has 7 heteroatoms. The lowest BCUT2D eigenvalue weighted by molar-refractivity contribution is 0.338. The zero-order valence-corrected chi connectivity index (χ0v) is 14.6. The monoisotopic (exact) mass is 354 g/mol. The minimum Gasteiger partial charge on any atom is -0.361 e. The molecule has 3 rings (SSSR count). The van der Waals surface area contributed by atoms with Crippen LogP contribution in [-0.4, -0.2) is 24.4 Å². The molecule has 2 heterocycles. The molecular weight excluding hydrogens is 336 g/mol. The fourth-order valence-corrected chi connectivity index (χ4v) is 4.59. The topological polar surface area (TPSA) is 63.4 Å². The maximum atomic E-state index is 12.9. The number of halogens is 1. The predicted octanol–water partition coefficient (Wildman–Crippen LogP) is 3.98. The number of nitrogens with zero attached hydrogens (tertiary/aromatic N) is 2. The van der Waals surface area contributed by atoms with Crippen molar-refractivity contribution in [2.45, 2.75) is 43.5 Å². The Morgan fingerprint density at radius 3 is 2.61 bits per heavy atom. The Kier molecular flexibility index (Phi) is 4.49. The van der Waals surface area contributed by atoms with Crippen LogP contribution in [0.2, 0.25) is 5.02 Å². The van der Waals surface area contributed by atoms with E-state index in [0.29, 0.717) is 17.3 Å². The normalized spacial score (nSPS) is 19.6. The smallest absolute Gasteiger partial charge is 0.243 e. The second kappa shape index (κ2) is 6.26. The summed E-state index contributed by atoms with van der Waals surface area (Å²) >= 11 is 5.85. The molecule has 0 spiro atoms. The van der Waals surface area contributed by atoms with Crippen LogP contribution in [0.5, 0.6) is 0 Å². The van der Waals surface area contributed by atoms with Crippen LogP contribution in [0.4, 0.5) is 0 Å². The highest BCUT2D eigenvalue weighted by Crippen LogP contribution is 2.37. The Bertz CT molecular complexity index is 784. The second-order valence-electron chi connectivity index (χ2n) is 6.04. The molecule has 124 valence electrons. The summed E-state index contributed by atoms with van der Waals surface area (Å²) in [5, 5.41) is 4.60. The summed E-state index contributed by atoms with van der Waals surface area (Å²) in [6, 6.07) is 7.85. The first-order valence-corrected chi connectivity index (χ1v) is 9.45. The molecule has 1 aliphatic heterocycles. The first-order valence-electron chi connectivity index (χ1n) is 7.63. The molecule has 0 radical (unpaired) electrons. The van der Waals surface area contributed by atoms with Crippen LogP contribution in [0.1, 0.15) is 50.1 Å². The van der Waals surface area contributed by atoms with E-state index >= 15 is 0 Å². The van der Waals surface area contributed by atoms with Gasteiger partial charge in [-0.1, -0.05) is 30.6 Å². The van der Waals surface area contributed by atoms with Crippen LogP contribution in [-0.2, 0) is 10.0 Å². The lowest BCUT2D eigenvalue weighted by Gasteiger charge is -2.22. The molecule has 0 saturated carbocycles. The molecule has 0 bridgehead atoms. The Morgan fingerprint density at radius 1 is 1.30 bits per heavy atom. The quantitative estimate of drug-likeness (QED) is 0.833. The van der Waals surface area contributed by atoms with Gasteiger partial charge in [0.05, 0.1) is 10.9 Å². The van der Waals surface area contributed by atoms with Crippen molar-refractivity contribution < 1.29 is 12.9 Å². The van der Waals surface area contributed by atoms with Gasteiger partial charge in [-0.15, -0.1) is 0 Å². The van der Waals surface area contributed by atoms with Crippen LogP contribution in [0.15, 0.2) is 39.8 Å². The molecule has 5 nitrogen and oxygen atoms in total. The van der Waals surface area contributed by atoms with Gasteiger partial charge in [-0.2, -0.15) is 4.31 Å². The van der Waals surface area contributed by atoms with Crippen LogP contribution >= 0.6 is 11.6 Å². The highest BCUT2D eigenvalue weighted by molar-refractivity contribution is 7.89. The van der Waals surface area contributed by atoms with Gasteiger partial charge in [-0.05, 0) is 37.1 Å². The predicted molar refractivity (Wildman–Crippen MR) is 87.9 cm³/mol. The van der Waals surface area contributed by atoms with E-state index in [1.165, 1.54) is 16.4 Å². The van der Waals surface area contributed by atoms with Gasteiger partial charge in [0.25, 0.3) is 0 Å². The third-order valence-electron chi connectivity index (χ3n) is 4.08. The third-order valence-corrected chi connectivity index (χ3v) is 6.26. The first kappa shape index (κ1) is 16.5. The second-order valence-corrected chi connectivity index (χ2v) is 8.36. The molecule has 2 aromatic rings. The van der Waals surface area contributed by atoms with E-state index in [9.17, 15) is 8.42 Å². The van der Waals surface area contributed by atoms with Gasteiger partial charge in [-0.25, -0.2) is 8.42 Å². The van der Waals surface area contributed by atoms with E-state index in [1.807, 2.05) is 19.9 Å². The molecular formula is C16H19ClN2O3S. The highest BCUT2D eigenvalue weighted by Gasteiger charge is 2.37. The van der Waals surface area contributed by atoms with Crippen molar-refractivity contribution in [1.82, 2.24) is 9.46 Å². The summed E-state index contributed by atoms with van der Waals surface area (Å²) in [6.45, 7) is 4.52. The van der Waals surface area contributed by atoms with Crippen molar-refractivity contribution in [1.29, 1.82) is 0 Å². The average molecular weight is 355 g/mol. The van der Waals surface area contributed by atoms with Gasteiger partial charge >= 0.3 is 0 Å². The number of rotatable bonds is 4. The molecule has 1 aromatic carbocycles. The largest absolute Gasteiger partial charge is 0.361 e. The molecule has 1 aliphatic rings. The van der Waals surface area contributed by atoms with E-state index in [0.717, 1.165) is 18.6 Å². The van der Waals surface area contributed by atoms with Crippen molar-refractivity contribution in [2.75, 3.05) is 6.54 Å². The molecule has 1 saturated heterocycles. The number of hydrogen-bond acceptors (Lipinski definition) is 4. The zero-order chi connectivity index (χ0) is 16.6. The van der Waals surface area contributed by atoms with E-state index in [4.69, 9.17) is 16.1 Å². The van der Waals surface area contributed by atoms with Crippen LogP contribution in [0.3, 0.4) is 0 Å². The van der Waals surface area contributed by atoms with Crippen LogP contribution in [0.25, 0.3) is 0 Å². The molecule has 0 N–H and O–H groups in total. The Labute approximate surface area is 141 Å². The van der Waals surface area contributed by atoms with Crippen molar-refractivity contribution in [2.24, 2.45) is 0 Å². The fraction of sp³-hybridized carbons (Fsp3) is 0.438. The molecule has 23 heavy (non-hydrogen) atoms. The minimum atomic E-state index is -3.57. The SMILES string of the molecule is CC(C)c1cc([C@@H]2CCCN2S(=O)(=O)c2ccc(Cl)cc2)no1. The van der Waals surface area contributed by atoms with Crippen molar-refractivity contribution in [3.8, 4) is 0 Å². The number of benzene rings is 1. The highest BCUT2D eigenvalue weighted by atomic mass is 35.5. The maximum Gasteiger partial charge on any atom is 0.243 e. The van der Waals surface area contributed by atoms with E-state index in [1.54, 1.807) is 12.1 Å². The summed E-state index contributed by atoms with van der Waals surface area (Å²) in [4.78, 5) is 0.251. The van der Waals surface area contributed by atoms with E-state index in [2.05, 4.69) is 5.16 Å². The summed E-state index contributed by atoms with van der Waals surface area (Å²) in [5.41, 5.74) is 0.684. The number of aromatic nitrogens is 1. The Morgan fingerprint density at radius 2 is 2.00 bits per heavy atom. The summed E-state index contributed by atoms with van der Waals surface area (Å²) in [5.74, 6) is 0.995. The molecule has 1 atom stereocenters. The molecule has 0 aliphatic carbocycles. The number of hydrogen-bond donors (Lipinski definition) is 0. The molecule has 0 amide bonds. The summed E-state index contributed by atoms with van der Waals surface area (Å²) in [7, 11) is -3.57. The van der Waals surface area contributed by atoms with Gasteiger partial charge < -0.3 is 4.52 Å². The van der Waals surface area contributed by atoms with Gasteiger partial charge in [0, 0.05) is 23.6 Å². The van der Waals surface area contributed by atoms with Crippen molar-refractivity contribution >= 4 is 21.6 Å². The van der Waals surface area contributed by atoms with Gasteiger partial charge in [-0.3, -0.25) is 0 Å². The van der Waals surface area contributed by atoms with Gasteiger partial charge in [0.2, 0.25) is 10.0 Å².